The number of hydrogen-bond acceptors (Lipinski definition) is 5. The minimum Gasteiger partial charge on any atom is -0.378 e. The third kappa shape index (κ3) is 2.96. The first-order chi connectivity index (χ1) is 12.8. The first-order valence-corrected chi connectivity index (χ1v) is 10.4. The van der Waals surface area contributed by atoms with Crippen molar-refractivity contribution in [2.75, 3.05) is 31.3 Å². The summed E-state index contributed by atoms with van der Waals surface area (Å²) < 4.78 is 0. The lowest BCUT2D eigenvalue weighted by Crippen LogP contribution is -2.38. The lowest BCUT2D eigenvalue weighted by Gasteiger charge is -2.42. The molecule has 2 aliphatic heterocycles. The number of Topliss-reactive ketones (excluding diaryl/α,β-unsaturated/α-hetero) is 1. The Morgan fingerprint density at radius 1 is 1.22 bits per heavy atom. The maximum absolute atomic E-state index is 13.2. The van der Waals surface area contributed by atoms with Crippen molar-refractivity contribution >= 4 is 23.2 Å². The summed E-state index contributed by atoms with van der Waals surface area (Å²) in [5.74, 6) is 0.936. The van der Waals surface area contributed by atoms with Crippen LogP contribution in [0.15, 0.2) is 46.1 Å². The van der Waals surface area contributed by atoms with Gasteiger partial charge in [0.1, 0.15) is 0 Å². The lowest BCUT2D eigenvalue weighted by molar-refractivity contribution is -0.118. The fourth-order valence-electron chi connectivity index (χ4n) is 4.44. The highest BCUT2D eigenvalue weighted by Crippen LogP contribution is 2.53. The Bertz CT molecular complexity index is 902. The topological polar surface area (TPSA) is 47.3 Å². The monoisotopic (exact) mass is 379 g/mol. The van der Waals surface area contributed by atoms with Gasteiger partial charge < -0.3 is 9.80 Å². The molecule has 140 valence electrons. The van der Waals surface area contributed by atoms with E-state index in [-0.39, 0.29) is 17.1 Å². The molecule has 0 spiro atoms. The van der Waals surface area contributed by atoms with Crippen molar-refractivity contribution in [3.63, 3.8) is 0 Å². The molecule has 1 atom stereocenters. The third-order valence-electron chi connectivity index (χ3n) is 5.69. The van der Waals surface area contributed by atoms with Crippen LogP contribution in [0, 0.1) is 16.7 Å². The van der Waals surface area contributed by atoms with Gasteiger partial charge in [-0.25, -0.2) is 0 Å². The van der Waals surface area contributed by atoms with E-state index in [9.17, 15) is 10.1 Å². The molecule has 0 bridgehead atoms. The Hall–Kier alpha value is -2.19. The van der Waals surface area contributed by atoms with Crippen molar-refractivity contribution in [2.45, 2.75) is 32.6 Å². The number of allylic oxidation sites excluding steroid dienone is 3. The van der Waals surface area contributed by atoms with Crippen molar-refractivity contribution in [3.05, 3.63) is 51.7 Å². The molecule has 1 aromatic rings. The molecule has 2 heterocycles. The van der Waals surface area contributed by atoms with Crippen LogP contribution in [0.4, 0.5) is 5.69 Å². The summed E-state index contributed by atoms with van der Waals surface area (Å²) in [4.78, 5) is 17.5. The zero-order valence-corrected chi connectivity index (χ0v) is 17.2. The standard InChI is InChI=1S/C22H25N3OS/c1-22(2)11-17-20(18(26)12-22)19(14-5-7-15(8-6-14)24(3)4)16(13-23)21-25(17)9-10-27-21/h5-8,19H,9-12H2,1-4H3/t19-/m0/s1. The summed E-state index contributed by atoms with van der Waals surface area (Å²) in [6.07, 6.45) is 1.44. The summed E-state index contributed by atoms with van der Waals surface area (Å²) in [5, 5.41) is 11.1. The number of benzene rings is 1. The lowest BCUT2D eigenvalue weighted by atomic mass is 9.69. The molecule has 0 saturated carbocycles. The van der Waals surface area contributed by atoms with E-state index in [1.165, 1.54) is 0 Å². The van der Waals surface area contributed by atoms with Crippen LogP contribution in [-0.2, 0) is 4.79 Å². The van der Waals surface area contributed by atoms with Crippen LogP contribution in [-0.4, -0.2) is 37.1 Å². The number of carbonyl (C=O) groups excluding carboxylic acids is 1. The molecule has 0 N–H and O–H groups in total. The molecule has 27 heavy (non-hydrogen) atoms. The molecule has 0 unspecified atom stereocenters. The zero-order chi connectivity index (χ0) is 19.3. The van der Waals surface area contributed by atoms with Crippen molar-refractivity contribution in [1.82, 2.24) is 4.90 Å². The van der Waals surface area contributed by atoms with Gasteiger partial charge in [-0.1, -0.05) is 26.0 Å². The van der Waals surface area contributed by atoms with Gasteiger partial charge in [-0.2, -0.15) is 5.26 Å². The van der Waals surface area contributed by atoms with Crippen LogP contribution < -0.4 is 4.90 Å². The van der Waals surface area contributed by atoms with E-state index in [1.807, 2.05) is 14.1 Å². The number of fused-ring (bicyclic) bond motifs is 2. The predicted molar refractivity (Wildman–Crippen MR) is 110 cm³/mol. The average molecular weight is 380 g/mol. The van der Waals surface area contributed by atoms with E-state index >= 15 is 0 Å². The summed E-state index contributed by atoms with van der Waals surface area (Å²) in [6, 6.07) is 10.7. The summed E-state index contributed by atoms with van der Waals surface area (Å²) in [6.45, 7) is 5.23. The molecule has 4 nitrogen and oxygen atoms in total. The second kappa shape index (κ2) is 6.45. The number of carbonyl (C=O) groups is 1. The molecule has 1 aromatic carbocycles. The Labute approximate surface area is 165 Å². The van der Waals surface area contributed by atoms with Gasteiger partial charge in [0.05, 0.1) is 22.6 Å². The molecule has 0 radical (unpaired) electrons. The molecule has 0 amide bonds. The van der Waals surface area contributed by atoms with Gasteiger partial charge in [0.25, 0.3) is 0 Å². The van der Waals surface area contributed by atoms with Gasteiger partial charge in [-0.3, -0.25) is 4.79 Å². The first kappa shape index (κ1) is 18.2. The smallest absolute Gasteiger partial charge is 0.162 e. The van der Waals surface area contributed by atoms with Gasteiger partial charge in [-0.05, 0) is 29.5 Å². The molecule has 1 fully saturated rings. The number of nitriles is 1. The highest BCUT2D eigenvalue weighted by molar-refractivity contribution is 8.03. The summed E-state index contributed by atoms with van der Waals surface area (Å²) in [7, 11) is 4.03. The van der Waals surface area contributed by atoms with E-state index in [0.717, 1.165) is 51.8 Å². The number of rotatable bonds is 2. The van der Waals surface area contributed by atoms with Gasteiger partial charge in [-0.15, -0.1) is 11.8 Å². The van der Waals surface area contributed by atoms with Crippen LogP contribution in [0.25, 0.3) is 0 Å². The SMILES string of the molecule is CN(C)c1ccc([C@H]2C(C#N)=C3SCCN3C3=C2C(=O)CC(C)(C)C3)cc1. The van der Waals surface area contributed by atoms with Crippen LogP contribution in [0.1, 0.15) is 38.2 Å². The second-order valence-corrected chi connectivity index (χ2v) is 9.63. The van der Waals surface area contributed by atoms with E-state index in [4.69, 9.17) is 0 Å². The van der Waals surface area contributed by atoms with Crippen LogP contribution in [0.2, 0.25) is 0 Å². The maximum atomic E-state index is 13.2. The molecular weight excluding hydrogens is 354 g/mol. The van der Waals surface area contributed by atoms with Crippen molar-refractivity contribution in [1.29, 1.82) is 5.26 Å². The van der Waals surface area contributed by atoms with Crippen molar-refractivity contribution in [3.8, 4) is 6.07 Å². The number of nitrogens with zero attached hydrogens (tertiary/aromatic N) is 3. The third-order valence-corrected chi connectivity index (χ3v) is 6.79. The minimum atomic E-state index is -0.235. The maximum Gasteiger partial charge on any atom is 0.162 e. The Kier molecular flexibility index (Phi) is 4.35. The van der Waals surface area contributed by atoms with Gasteiger partial charge in [0, 0.05) is 49.8 Å². The molecule has 3 aliphatic rings. The van der Waals surface area contributed by atoms with Crippen molar-refractivity contribution < 1.29 is 4.79 Å². The molecule has 5 heteroatoms. The minimum absolute atomic E-state index is 0.0300. The Balaban J connectivity index is 1.89. The number of hydrogen-bond donors (Lipinski definition) is 0. The average Bonchev–Trinajstić information content (AvgIpc) is 3.09. The van der Waals surface area contributed by atoms with Crippen molar-refractivity contribution in [2.24, 2.45) is 5.41 Å². The largest absolute Gasteiger partial charge is 0.378 e. The highest BCUT2D eigenvalue weighted by atomic mass is 32.2. The highest BCUT2D eigenvalue weighted by Gasteiger charge is 2.45. The van der Waals surface area contributed by atoms with E-state index < -0.39 is 0 Å². The molecule has 0 aromatic heterocycles. The van der Waals surface area contributed by atoms with E-state index in [0.29, 0.717) is 6.42 Å². The fraction of sp³-hybridized carbons (Fsp3) is 0.455. The van der Waals surface area contributed by atoms with Gasteiger partial charge in [0.15, 0.2) is 5.78 Å². The quantitative estimate of drug-likeness (QED) is 0.768. The van der Waals surface area contributed by atoms with Crippen LogP contribution >= 0.6 is 11.8 Å². The molecule has 1 saturated heterocycles. The van der Waals surface area contributed by atoms with Gasteiger partial charge in [0.2, 0.25) is 0 Å². The second-order valence-electron chi connectivity index (χ2n) is 8.55. The number of ketones is 1. The molecular formula is C22H25N3OS. The summed E-state index contributed by atoms with van der Waals surface area (Å²) >= 11 is 1.75. The zero-order valence-electron chi connectivity index (χ0n) is 16.4. The fourth-order valence-corrected chi connectivity index (χ4v) is 5.59. The normalized spacial score (nSPS) is 23.9. The first-order valence-electron chi connectivity index (χ1n) is 9.40. The summed E-state index contributed by atoms with van der Waals surface area (Å²) in [5.41, 5.74) is 4.87. The van der Waals surface area contributed by atoms with Crippen LogP contribution in [0.3, 0.4) is 0 Å². The van der Waals surface area contributed by atoms with E-state index in [2.05, 4.69) is 54.0 Å². The molecule has 4 rings (SSSR count). The predicted octanol–water partition coefficient (Wildman–Crippen LogP) is 4.28. The Morgan fingerprint density at radius 2 is 1.93 bits per heavy atom. The van der Waals surface area contributed by atoms with Crippen LogP contribution in [0.5, 0.6) is 0 Å². The molecule has 1 aliphatic carbocycles. The van der Waals surface area contributed by atoms with E-state index in [1.54, 1.807) is 11.8 Å². The Morgan fingerprint density at radius 3 is 2.56 bits per heavy atom. The number of thioether (sulfide) groups is 1. The van der Waals surface area contributed by atoms with Gasteiger partial charge >= 0.3 is 0 Å². The number of anilines is 1.